The van der Waals surface area contributed by atoms with Crippen LogP contribution in [-0.2, 0) is 4.79 Å². The summed E-state index contributed by atoms with van der Waals surface area (Å²) in [6, 6.07) is 9.91. The van der Waals surface area contributed by atoms with E-state index in [0.717, 1.165) is 12.2 Å². The number of carbonyl (C=O) groups is 1. The van der Waals surface area contributed by atoms with Crippen LogP contribution in [0.15, 0.2) is 30.3 Å². The second kappa shape index (κ2) is 6.62. The number of nitrogens with one attached hydrogen (secondary N) is 1. The topological polar surface area (TPSA) is 32.3 Å². The maximum Gasteiger partial charge on any atom is 0.240 e. The van der Waals surface area contributed by atoms with E-state index >= 15 is 0 Å². The fourth-order valence-electron chi connectivity index (χ4n) is 1.76. The van der Waals surface area contributed by atoms with E-state index in [1.54, 1.807) is 7.05 Å². The zero-order valence-electron chi connectivity index (χ0n) is 10.1. The fraction of sp³-hybridized carbons (Fsp3) is 0.462. The number of hydrogen-bond donors (Lipinski definition) is 1. The molecule has 2 rings (SSSR count). The molecule has 1 aromatic rings. The van der Waals surface area contributed by atoms with Gasteiger partial charge in [0.1, 0.15) is 0 Å². The van der Waals surface area contributed by atoms with Gasteiger partial charge in [0.15, 0.2) is 0 Å². The van der Waals surface area contributed by atoms with Crippen LogP contribution < -0.4 is 10.2 Å². The molecule has 1 N–H and O–H groups in total. The van der Waals surface area contributed by atoms with Crippen LogP contribution in [-0.4, -0.2) is 26.0 Å². The zero-order valence-corrected chi connectivity index (χ0v) is 10.9. The molecule has 1 saturated carbocycles. The predicted molar refractivity (Wildman–Crippen MR) is 72.7 cm³/mol. The van der Waals surface area contributed by atoms with Crippen molar-refractivity contribution >= 4 is 24.0 Å². The Bertz CT molecular complexity index is 352. The highest BCUT2D eigenvalue weighted by Crippen LogP contribution is 2.31. The van der Waals surface area contributed by atoms with Crippen molar-refractivity contribution in [2.75, 3.05) is 25.0 Å². The Balaban J connectivity index is 0.00000144. The average Bonchev–Trinajstić information content (AvgIpc) is 3.11. The van der Waals surface area contributed by atoms with Gasteiger partial charge in [-0.1, -0.05) is 18.2 Å². The number of nitrogens with zero attached hydrogens (tertiary/aromatic N) is 1. The Hall–Kier alpha value is -1.06. The van der Waals surface area contributed by atoms with Crippen molar-refractivity contribution in [3.63, 3.8) is 0 Å². The van der Waals surface area contributed by atoms with Gasteiger partial charge in [-0.15, -0.1) is 12.4 Å². The van der Waals surface area contributed by atoms with Gasteiger partial charge in [0.25, 0.3) is 0 Å². The minimum atomic E-state index is 0. The van der Waals surface area contributed by atoms with Crippen molar-refractivity contribution in [1.29, 1.82) is 0 Å². The molecule has 0 bridgehead atoms. The number of amides is 1. The van der Waals surface area contributed by atoms with Crippen LogP contribution in [0.4, 0.5) is 5.69 Å². The van der Waals surface area contributed by atoms with Gasteiger partial charge in [0, 0.05) is 12.2 Å². The summed E-state index contributed by atoms with van der Waals surface area (Å²) < 4.78 is 0. The molecule has 0 radical (unpaired) electrons. The van der Waals surface area contributed by atoms with E-state index in [1.807, 2.05) is 35.2 Å². The maximum atomic E-state index is 12.0. The monoisotopic (exact) mass is 254 g/mol. The van der Waals surface area contributed by atoms with Gasteiger partial charge < -0.3 is 10.2 Å². The largest absolute Gasteiger partial charge is 0.311 e. The number of halogens is 1. The van der Waals surface area contributed by atoms with Gasteiger partial charge in [0.05, 0.1) is 6.54 Å². The lowest BCUT2D eigenvalue weighted by Crippen LogP contribution is -2.38. The van der Waals surface area contributed by atoms with Crippen molar-refractivity contribution in [2.24, 2.45) is 5.92 Å². The third kappa shape index (κ3) is 4.02. The van der Waals surface area contributed by atoms with Crippen LogP contribution in [0.1, 0.15) is 12.8 Å². The molecule has 0 unspecified atom stereocenters. The first kappa shape index (κ1) is 14.0. The van der Waals surface area contributed by atoms with Gasteiger partial charge in [-0.2, -0.15) is 0 Å². The predicted octanol–water partition coefficient (Wildman–Crippen LogP) is 2.07. The normalized spacial score (nSPS) is 13.9. The molecule has 17 heavy (non-hydrogen) atoms. The molecular weight excluding hydrogens is 236 g/mol. The van der Waals surface area contributed by atoms with Gasteiger partial charge in [-0.25, -0.2) is 0 Å². The smallest absolute Gasteiger partial charge is 0.240 e. The Morgan fingerprint density at radius 1 is 1.35 bits per heavy atom. The Kier molecular flexibility index (Phi) is 5.45. The first-order chi connectivity index (χ1) is 7.81. The summed E-state index contributed by atoms with van der Waals surface area (Å²) in [5.41, 5.74) is 1.01. The second-order valence-electron chi connectivity index (χ2n) is 4.31. The van der Waals surface area contributed by atoms with E-state index in [1.165, 1.54) is 12.8 Å². The number of benzene rings is 1. The molecule has 94 valence electrons. The number of hydrogen-bond acceptors (Lipinski definition) is 2. The Labute approximate surface area is 109 Å². The summed E-state index contributed by atoms with van der Waals surface area (Å²) >= 11 is 0. The van der Waals surface area contributed by atoms with Gasteiger partial charge in [0.2, 0.25) is 5.91 Å². The SMILES string of the molecule is CNCC(=O)N(CC1CC1)c1ccccc1.Cl. The highest BCUT2D eigenvalue weighted by Gasteiger charge is 2.27. The lowest BCUT2D eigenvalue weighted by molar-refractivity contribution is -0.117. The number of likely N-dealkylation sites (N-methyl/N-ethyl adjacent to an activating group) is 1. The minimum Gasteiger partial charge on any atom is -0.311 e. The van der Waals surface area contributed by atoms with Crippen LogP contribution in [0.3, 0.4) is 0 Å². The summed E-state index contributed by atoms with van der Waals surface area (Å²) in [6.45, 7) is 1.27. The highest BCUT2D eigenvalue weighted by molar-refractivity contribution is 5.94. The van der Waals surface area contributed by atoms with E-state index < -0.39 is 0 Å². The van der Waals surface area contributed by atoms with Crippen molar-refractivity contribution in [2.45, 2.75) is 12.8 Å². The highest BCUT2D eigenvalue weighted by atomic mass is 35.5. The summed E-state index contributed by atoms with van der Waals surface area (Å²) in [6.07, 6.45) is 2.52. The van der Waals surface area contributed by atoms with Gasteiger partial charge in [-0.3, -0.25) is 4.79 Å². The van der Waals surface area contributed by atoms with Crippen molar-refractivity contribution in [3.05, 3.63) is 30.3 Å². The summed E-state index contributed by atoms with van der Waals surface area (Å²) in [7, 11) is 1.80. The molecule has 0 spiro atoms. The average molecular weight is 255 g/mol. The molecule has 1 aliphatic carbocycles. The number of para-hydroxylation sites is 1. The van der Waals surface area contributed by atoms with E-state index in [-0.39, 0.29) is 18.3 Å². The Morgan fingerprint density at radius 3 is 2.53 bits per heavy atom. The number of carbonyl (C=O) groups excluding carboxylic acids is 1. The molecule has 1 aromatic carbocycles. The molecule has 0 saturated heterocycles. The van der Waals surface area contributed by atoms with Crippen LogP contribution in [0.25, 0.3) is 0 Å². The quantitative estimate of drug-likeness (QED) is 0.873. The molecule has 3 nitrogen and oxygen atoms in total. The lowest BCUT2D eigenvalue weighted by atomic mass is 10.2. The molecule has 1 aliphatic rings. The molecule has 1 fully saturated rings. The molecule has 0 aromatic heterocycles. The van der Waals surface area contributed by atoms with Crippen molar-refractivity contribution in [3.8, 4) is 0 Å². The van der Waals surface area contributed by atoms with E-state index in [0.29, 0.717) is 12.5 Å². The number of anilines is 1. The summed E-state index contributed by atoms with van der Waals surface area (Å²) in [5, 5.41) is 2.92. The molecular formula is C13H19ClN2O. The van der Waals surface area contributed by atoms with Crippen LogP contribution in [0, 0.1) is 5.92 Å². The molecule has 1 amide bonds. The first-order valence-corrected chi connectivity index (χ1v) is 5.81. The number of rotatable bonds is 5. The standard InChI is InChI=1S/C13H18N2O.ClH/c1-14-9-13(16)15(10-11-7-8-11)12-5-3-2-4-6-12;/h2-6,11,14H,7-10H2,1H3;1H. The summed E-state index contributed by atoms with van der Waals surface area (Å²) in [5.74, 6) is 0.863. The van der Waals surface area contributed by atoms with E-state index in [9.17, 15) is 4.79 Å². The summed E-state index contributed by atoms with van der Waals surface area (Å²) in [4.78, 5) is 13.9. The van der Waals surface area contributed by atoms with Crippen molar-refractivity contribution < 1.29 is 4.79 Å². The Morgan fingerprint density at radius 2 is 2.00 bits per heavy atom. The van der Waals surface area contributed by atoms with E-state index in [4.69, 9.17) is 0 Å². The second-order valence-corrected chi connectivity index (χ2v) is 4.31. The van der Waals surface area contributed by atoms with Gasteiger partial charge in [-0.05, 0) is 37.9 Å². The van der Waals surface area contributed by atoms with Crippen LogP contribution in [0.2, 0.25) is 0 Å². The fourth-order valence-corrected chi connectivity index (χ4v) is 1.76. The third-order valence-electron chi connectivity index (χ3n) is 2.83. The van der Waals surface area contributed by atoms with Crippen molar-refractivity contribution in [1.82, 2.24) is 5.32 Å². The lowest BCUT2D eigenvalue weighted by Gasteiger charge is -2.22. The van der Waals surface area contributed by atoms with E-state index in [2.05, 4.69) is 5.32 Å². The molecule has 0 atom stereocenters. The third-order valence-corrected chi connectivity index (χ3v) is 2.83. The molecule has 4 heteroatoms. The first-order valence-electron chi connectivity index (χ1n) is 5.81. The molecule has 0 aliphatic heterocycles. The molecule has 0 heterocycles. The maximum absolute atomic E-state index is 12.0. The van der Waals surface area contributed by atoms with Gasteiger partial charge >= 0.3 is 0 Å². The van der Waals surface area contributed by atoms with Crippen LogP contribution in [0.5, 0.6) is 0 Å². The zero-order chi connectivity index (χ0) is 11.4. The minimum absolute atomic E-state index is 0. The van der Waals surface area contributed by atoms with Crippen LogP contribution >= 0.6 is 12.4 Å².